The van der Waals surface area contributed by atoms with Gasteiger partial charge in [-0.1, -0.05) is 11.6 Å². The summed E-state index contributed by atoms with van der Waals surface area (Å²) in [4.78, 5) is 26.6. The molecule has 5 nitrogen and oxygen atoms in total. The molecule has 104 valence electrons. The van der Waals surface area contributed by atoms with Gasteiger partial charge < -0.3 is 15.8 Å². The molecule has 0 fully saturated rings. The minimum Gasteiger partial charge on any atom is -0.480 e. The van der Waals surface area contributed by atoms with Crippen LogP contribution in [0.4, 0.5) is 0 Å². The largest absolute Gasteiger partial charge is 0.480 e. The van der Waals surface area contributed by atoms with Gasteiger partial charge in [-0.25, -0.2) is 0 Å². The van der Waals surface area contributed by atoms with Crippen molar-refractivity contribution in [2.75, 3.05) is 0 Å². The molecule has 1 heterocycles. The van der Waals surface area contributed by atoms with E-state index in [1.807, 2.05) is 0 Å². The van der Waals surface area contributed by atoms with Crippen LogP contribution < -0.4 is 5.73 Å². The van der Waals surface area contributed by atoms with Crippen molar-refractivity contribution in [3.05, 3.63) is 34.5 Å². The second-order valence-electron chi connectivity index (χ2n) is 5.10. The first-order valence-electron chi connectivity index (χ1n) is 6.30. The average Bonchev–Trinajstić information content (AvgIpc) is 2.76. The highest BCUT2D eigenvalue weighted by molar-refractivity contribution is 6.31. The van der Waals surface area contributed by atoms with Crippen LogP contribution in [0.5, 0.6) is 0 Å². The number of H-pyrrole nitrogens is 1. The Morgan fingerprint density at radius 3 is 2.80 bits per heavy atom. The predicted octanol–water partition coefficient (Wildman–Crippen LogP) is 1.97. The number of aromatic amines is 1. The minimum absolute atomic E-state index is 0.214. The number of fused-ring (bicyclic) bond motifs is 3. The fraction of sp³-hybridized carbons (Fsp3) is 0.286. The van der Waals surface area contributed by atoms with Gasteiger partial charge in [0.25, 0.3) is 0 Å². The van der Waals surface area contributed by atoms with Crippen LogP contribution in [0.1, 0.15) is 24.1 Å². The first kappa shape index (κ1) is 13.0. The van der Waals surface area contributed by atoms with E-state index in [-0.39, 0.29) is 6.42 Å². The fourth-order valence-electron chi connectivity index (χ4n) is 3.06. The Hall–Kier alpha value is -2.01. The van der Waals surface area contributed by atoms with E-state index in [1.165, 1.54) is 0 Å². The molecule has 1 atom stereocenters. The van der Waals surface area contributed by atoms with Crippen molar-refractivity contribution in [2.24, 2.45) is 5.73 Å². The molecule has 1 aromatic carbocycles. The monoisotopic (exact) mass is 292 g/mol. The quantitative estimate of drug-likeness (QED) is 0.738. The number of carbonyl (C=O) groups excluding carboxylic acids is 1. The number of aliphatic carboxylic acids is 1. The van der Waals surface area contributed by atoms with Gasteiger partial charge in [-0.2, -0.15) is 0 Å². The van der Waals surface area contributed by atoms with Crippen LogP contribution in [-0.4, -0.2) is 22.0 Å². The van der Waals surface area contributed by atoms with Gasteiger partial charge >= 0.3 is 5.97 Å². The second-order valence-corrected chi connectivity index (χ2v) is 5.53. The maximum atomic E-state index is 11.8. The lowest BCUT2D eigenvalue weighted by Gasteiger charge is -2.30. The number of aromatic nitrogens is 1. The summed E-state index contributed by atoms with van der Waals surface area (Å²) >= 11 is 5.99. The zero-order valence-electron chi connectivity index (χ0n) is 10.6. The number of rotatable bonds is 2. The summed E-state index contributed by atoms with van der Waals surface area (Å²) in [5.74, 6) is -2.03. The fourth-order valence-corrected chi connectivity index (χ4v) is 3.24. The third-order valence-corrected chi connectivity index (χ3v) is 4.29. The zero-order valence-corrected chi connectivity index (χ0v) is 11.3. The van der Waals surface area contributed by atoms with Gasteiger partial charge in [0.1, 0.15) is 0 Å². The van der Waals surface area contributed by atoms with E-state index < -0.39 is 17.3 Å². The van der Waals surface area contributed by atoms with Gasteiger partial charge in [0.2, 0.25) is 5.91 Å². The predicted molar refractivity (Wildman–Crippen MR) is 74.8 cm³/mol. The SMILES string of the molecule is NC(=O)C1(C(=O)O)CCCc2c1[nH]c1ccc(Cl)cc21. The standard InChI is InChI=1S/C14H13ClN2O3/c15-7-3-4-10-9(6-7)8-2-1-5-14(12(16)18,13(19)20)11(8)17-10/h3-4,6,17H,1-2,5H2,(H2,16,18)(H,19,20). The number of carboxylic acid groups (broad SMARTS) is 1. The van der Waals surface area contributed by atoms with E-state index in [2.05, 4.69) is 4.98 Å². The summed E-state index contributed by atoms with van der Waals surface area (Å²) < 4.78 is 0. The van der Waals surface area contributed by atoms with Crippen LogP contribution in [0, 0.1) is 0 Å². The van der Waals surface area contributed by atoms with Gasteiger partial charge in [-0.05, 0) is 43.0 Å². The Kier molecular flexibility index (Phi) is 2.76. The molecular formula is C14H13ClN2O3. The smallest absolute Gasteiger partial charge is 0.325 e. The number of hydrogen-bond donors (Lipinski definition) is 3. The summed E-state index contributed by atoms with van der Waals surface area (Å²) in [6.07, 6.45) is 1.52. The van der Waals surface area contributed by atoms with Crippen molar-refractivity contribution in [3.8, 4) is 0 Å². The maximum Gasteiger partial charge on any atom is 0.325 e. The van der Waals surface area contributed by atoms with E-state index in [1.54, 1.807) is 18.2 Å². The minimum atomic E-state index is -1.67. The van der Waals surface area contributed by atoms with Crippen molar-refractivity contribution in [1.29, 1.82) is 0 Å². The molecule has 1 aliphatic carbocycles. The molecule has 0 saturated heterocycles. The van der Waals surface area contributed by atoms with E-state index in [0.717, 1.165) is 16.5 Å². The Morgan fingerprint density at radius 1 is 1.40 bits per heavy atom. The highest BCUT2D eigenvalue weighted by Crippen LogP contribution is 2.41. The van der Waals surface area contributed by atoms with Crippen molar-refractivity contribution in [2.45, 2.75) is 24.7 Å². The number of aryl methyl sites for hydroxylation is 1. The first-order chi connectivity index (χ1) is 9.46. The Bertz CT molecular complexity index is 721. The molecule has 1 aliphatic rings. The first-order valence-corrected chi connectivity index (χ1v) is 6.68. The lowest BCUT2D eigenvalue weighted by Crippen LogP contribution is -2.50. The number of carbonyl (C=O) groups is 2. The van der Waals surface area contributed by atoms with E-state index in [0.29, 0.717) is 23.6 Å². The van der Waals surface area contributed by atoms with Crippen LogP contribution in [0.3, 0.4) is 0 Å². The lowest BCUT2D eigenvalue weighted by atomic mass is 9.72. The molecule has 0 saturated carbocycles. The molecule has 1 aromatic heterocycles. The van der Waals surface area contributed by atoms with Gasteiger partial charge in [0.05, 0.1) is 0 Å². The molecule has 1 unspecified atom stereocenters. The van der Waals surface area contributed by atoms with Gasteiger partial charge in [0.15, 0.2) is 5.41 Å². The molecule has 0 radical (unpaired) electrons. The molecule has 3 rings (SSSR count). The number of carboxylic acids is 1. The summed E-state index contributed by atoms with van der Waals surface area (Å²) in [5, 5.41) is 11.0. The Balaban J connectivity index is 2.36. The number of nitrogens with two attached hydrogens (primary N) is 1. The number of benzene rings is 1. The number of amides is 1. The Morgan fingerprint density at radius 2 is 2.15 bits per heavy atom. The molecular weight excluding hydrogens is 280 g/mol. The van der Waals surface area contributed by atoms with E-state index >= 15 is 0 Å². The van der Waals surface area contributed by atoms with Crippen LogP contribution in [0.2, 0.25) is 5.02 Å². The third kappa shape index (κ3) is 1.56. The zero-order chi connectivity index (χ0) is 14.5. The van der Waals surface area contributed by atoms with E-state index in [9.17, 15) is 14.7 Å². The molecule has 20 heavy (non-hydrogen) atoms. The summed E-state index contributed by atoms with van der Waals surface area (Å²) in [7, 11) is 0. The molecule has 6 heteroatoms. The topological polar surface area (TPSA) is 96.2 Å². The average molecular weight is 293 g/mol. The maximum absolute atomic E-state index is 11.8. The molecule has 0 bridgehead atoms. The van der Waals surface area contributed by atoms with Crippen molar-refractivity contribution in [3.63, 3.8) is 0 Å². The van der Waals surface area contributed by atoms with Gasteiger partial charge in [-0.15, -0.1) is 0 Å². The Labute approximate surface area is 119 Å². The number of nitrogens with one attached hydrogen (secondary N) is 1. The van der Waals surface area contributed by atoms with Crippen LogP contribution in [0.25, 0.3) is 10.9 Å². The molecule has 0 spiro atoms. The van der Waals surface area contributed by atoms with Gasteiger partial charge in [0, 0.05) is 21.6 Å². The number of hydrogen-bond acceptors (Lipinski definition) is 2. The highest BCUT2D eigenvalue weighted by atomic mass is 35.5. The van der Waals surface area contributed by atoms with Crippen LogP contribution >= 0.6 is 11.6 Å². The molecule has 0 aliphatic heterocycles. The van der Waals surface area contributed by atoms with Crippen molar-refractivity contribution >= 4 is 34.4 Å². The van der Waals surface area contributed by atoms with Crippen LogP contribution in [-0.2, 0) is 21.4 Å². The summed E-state index contributed by atoms with van der Waals surface area (Å²) in [6.45, 7) is 0. The van der Waals surface area contributed by atoms with Gasteiger partial charge in [-0.3, -0.25) is 9.59 Å². The van der Waals surface area contributed by atoms with E-state index in [4.69, 9.17) is 17.3 Å². The molecule has 2 aromatic rings. The summed E-state index contributed by atoms with van der Waals surface area (Å²) in [6, 6.07) is 5.29. The number of primary amides is 1. The third-order valence-electron chi connectivity index (χ3n) is 4.06. The van der Waals surface area contributed by atoms with Crippen molar-refractivity contribution < 1.29 is 14.7 Å². The van der Waals surface area contributed by atoms with Crippen LogP contribution in [0.15, 0.2) is 18.2 Å². The highest BCUT2D eigenvalue weighted by Gasteiger charge is 2.50. The normalized spacial score (nSPS) is 21.6. The molecule has 4 N–H and O–H groups in total. The lowest BCUT2D eigenvalue weighted by molar-refractivity contribution is -0.149. The summed E-state index contributed by atoms with van der Waals surface area (Å²) in [5.41, 5.74) is 5.74. The molecule has 1 amide bonds. The second kappa shape index (κ2) is 4.24. The van der Waals surface area contributed by atoms with Crippen molar-refractivity contribution in [1.82, 2.24) is 4.98 Å². The number of halogens is 1.